The molecule has 0 aliphatic heterocycles. The normalized spacial score (nSPS) is 11.8. The van der Waals surface area contributed by atoms with Crippen LogP contribution < -0.4 is 4.74 Å². The summed E-state index contributed by atoms with van der Waals surface area (Å²) in [6.45, 7) is 5.58. The van der Waals surface area contributed by atoms with E-state index in [1.807, 2.05) is 12.1 Å². The van der Waals surface area contributed by atoms with Crippen molar-refractivity contribution in [2.75, 3.05) is 6.61 Å². The molecule has 5 heteroatoms. The van der Waals surface area contributed by atoms with Crippen LogP contribution in [-0.2, 0) is 9.53 Å². The molecule has 0 unspecified atom stereocenters. The maximum atomic E-state index is 12.3. The van der Waals surface area contributed by atoms with Crippen LogP contribution in [0.4, 0.5) is 0 Å². The van der Waals surface area contributed by atoms with Gasteiger partial charge in [-0.1, -0.05) is 52.9 Å². The van der Waals surface area contributed by atoms with Crippen LogP contribution >= 0.6 is 15.9 Å². The summed E-state index contributed by atoms with van der Waals surface area (Å²) in [5, 5.41) is 0. The van der Waals surface area contributed by atoms with E-state index in [1.54, 1.807) is 55.5 Å². The van der Waals surface area contributed by atoms with Crippen molar-refractivity contribution in [3.05, 3.63) is 82.9 Å². The lowest BCUT2D eigenvalue weighted by Crippen LogP contribution is -2.23. The second-order valence-electron chi connectivity index (χ2n) is 5.45. The third-order valence-corrected chi connectivity index (χ3v) is 3.98. The number of halogens is 1. The number of rotatable bonds is 8. The van der Waals surface area contributed by atoms with E-state index in [4.69, 9.17) is 9.47 Å². The molecule has 0 heterocycles. The van der Waals surface area contributed by atoms with E-state index in [0.717, 1.165) is 15.8 Å². The summed E-state index contributed by atoms with van der Waals surface area (Å²) in [6.07, 6.45) is 3.73. The highest BCUT2D eigenvalue weighted by atomic mass is 79.9. The summed E-state index contributed by atoms with van der Waals surface area (Å²) >= 11 is 3.31. The molecule has 0 N–H and O–H groups in total. The maximum absolute atomic E-state index is 12.3. The summed E-state index contributed by atoms with van der Waals surface area (Å²) in [5.74, 6) is -0.101. The summed E-state index contributed by atoms with van der Waals surface area (Å²) in [4.78, 5) is 24.2. The highest BCUT2D eigenvalue weighted by Gasteiger charge is 2.18. The van der Waals surface area contributed by atoms with Gasteiger partial charge in [0.15, 0.2) is 6.10 Å². The number of ketones is 1. The van der Waals surface area contributed by atoms with Crippen molar-refractivity contribution in [1.29, 1.82) is 0 Å². The van der Waals surface area contributed by atoms with Crippen molar-refractivity contribution in [2.24, 2.45) is 0 Å². The van der Waals surface area contributed by atoms with Gasteiger partial charge in [0.25, 0.3) is 0 Å². The third kappa shape index (κ3) is 6.01. The topological polar surface area (TPSA) is 52.6 Å². The Kier molecular flexibility index (Phi) is 7.36. The number of carbonyl (C=O) groups is 2. The van der Waals surface area contributed by atoms with Crippen LogP contribution in [0.3, 0.4) is 0 Å². The Morgan fingerprint density at radius 3 is 2.38 bits per heavy atom. The highest BCUT2D eigenvalue weighted by molar-refractivity contribution is 9.10. The van der Waals surface area contributed by atoms with Gasteiger partial charge in [0.1, 0.15) is 12.4 Å². The van der Waals surface area contributed by atoms with Gasteiger partial charge in [-0.3, -0.25) is 4.79 Å². The molecule has 0 saturated heterocycles. The Bertz CT molecular complexity index is 792. The van der Waals surface area contributed by atoms with Crippen molar-refractivity contribution in [3.63, 3.8) is 0 Å². The summed E-state index contributed by atoms with van der Waals surface area (Å²) < 4.78 is 11.4. The Labute approximate surface area is 161 Å². The largest absolute Gasteiger partial charge is 0.490 e. The van der Waals surface area contributed by atoms with Crippen LogP contribution in [0, 0.1) is 0 Å². The number of hydrogen-bond donors (Lipinski definition) is 0. The summed E-state index contributed by atoms with van der Waals surface area (Å²) in [5.41, 5.74) is 1.31. The van der Waals surface area contributed by atoms with E-state index in [-0.39, 0.29) is 5.78 Å². The lowest BCUT2D eigenvalue weighted by atomic mass is 10.1. The standard InChI is InChI=1S/C21H19BrO4/c1-3-14-25-19-11-4-16(5-12-19)6-13-20(23)26-15(2)21(24)17-7-9-18(22)10-8-17/h3-13,15H,1,14H2,2H3/b13-6+/t15-/m0/s1. The van der Waals surface area contributed by atoms with Crippen LogP contribution in [0.2, 0.25) is 0 Å². The molecule has 0 fully saturated rings. The smallest absolute Gasteiger partial charge is 0.331 e. The van der Waals surface area contributed by atoms with Gasteiger partial charge in [-0.15, -0.1) is 0 Å². The minimum atomic E-state index is -0.858. The van der Waals surface area contributed by atoms with Gasteiger partial charge in [-0.25, -0.2) is 4.79 Å². The van der Waals surface area contributed by atoms with Crippen molar-refractivity contribution in [3.8, 4) is 5.75 Å². The quantitative estimate of drug-likeness (QED) is 0.268. The first kappa shape index (κ1) is 19.7. The molecule has 0 bridgehead atoms. The first-order valence-corrected chi connectivity index (χ1v) is 8.81. The molecular weight excluding hydrogens is 396 g/mol. The predicted molar refractivity (Wildman–Crippen MR) is 105 cm³/mol. The fraction of sp³-hybridized carbons (Fsp3) is 0.143. The fourth-order valence-corrected chi connectivity index (χ4v) is 2.37. The van der Waals surface area contributed by atoms with E-state index >= 15 is 0 Å². The molecule has 0 amide bonds. The van der Waals surface area contributed by atoms with Crippen LogP contribution in [0.5, 0.6) is 5.75 Å². The van der Waals surface area contributed by atoms with Gasteiger partial charge < -0.3 is 9.47 Å². The van der Waals surface area contributed by atoms with Crippen molar-refractivity contribution in [1.82, 2.24) is 0 Å². The summed E-state index contributed by atoms with van der Waals surface area (Å²) in [6, 6.07) is 14.1. The van der Waals surface area contributed by atoms with Gasteiger partial charge >= 0.3 is 5.97 Å². The number of carbonyl (C=O) groups excluding carboxylic acids is 2. The van der Waals surface area contributed by atoms with E-state index in [9.17, 15) is 9.59 Å². The molecule has 1 atom stereocenters. The average Bonchev–Trinajstić information content (AvgIpc) is 2.65. The SMILES string of the molecule is C=CCOc1ccc(/C=C/C(=O)O[C@@H](C)C(=O)c2ccc(Br)cc2)cc1. The average molecular weight is 415 g/mol. The zero-order valence-electron chi connectivity index (χ0n) is 14.4. The second-order valence-corrected chi connectivity index (χ2v) is 6.37. The molecule has 0 spiro atoms. The van der Waals surface area contributed by atoms with Gasteiger partial charge in [0.2, 0.25) is 5.78 Å². The monoisotopic (exact) mass is 414 g/mol. The van der Waals surface area contributed by atoms with Crippen LogP contribution in [0.1, 0.15) is 22.8 Å². The van der Waals surface area contributed by atoms with Gasteiger partial charge in [-0.05, 0) is 42.8 Å². The number of esters is 1. The van der Waals surface area contributed by atoms with E-state index in [0.29, 0.717) is 12.2 Å². The van der Waals surface area contributed by atoms with E-state index in [2.05, 4.69) is 22.5 Å². The van der Waals surface area contributed by atoms with Crippen molar-refractivity contribution < 1.29 is 19.1 Å². The maximum Gasteiger partial charge on any atom is 0.331 e. The highest BCUT2D eigenvalue weighted by Crippen LogP contribution is 2.15. The number of ether oxygens (including phenoxy) is 2. The Morgan fingerprint density at radius 2 is 1.77 bits per heavy atom. The zero-order valence-corrected chi connectivity index (χ0v) is 15.9. The molecule has 0 saturated carbocycles. The third-order valence-electron chi connectivity index (χ3n) is 3.45. The lowest BCUT2D eigenvalue weighted by molar-refractivity contribution is -0.140. The molecule has 0 radical (unpaired) electrons. The molecule has 134 valence electrons. The molecule has 26 heavy (non-hydrogen) atoms. The molecule has 2 rings (SSSR count). The van der Waals surface area contributed by atoms with Crippen molar-refractivity contribution in [2.45, 2.75) is 13.0 Å². The van der Waals surface area contributed by atoms with E-state index < -0.39 is 12.1 Å². The molecular formula is C21H19BrO4. The van der Waals surface area contributed by atoms with Gasteiger partial charge in [-0.2, -0.15) is 0 Å². The molecule has 4 nitrogen and oxygen atoms in total. The van der Waals surface area contributed by atoms with Crippen molar-refractivity contribution >= 4 is 33.8 Å². The zero-order chi connectivity index (χ0) is 18.9. The molecule has 2 aromatic carbocycles. The predicted octanol–water partition coefficient (Wildman–Crippen LogP) is 4.84. The molecule has 2 aromatic rings. The Balaban J connectivity index is 1.90. The number of hydrogen-bond acceptors (Lipinski definition) is 4. The minimum absolute atomic E-state index is 0.247. The fourth-order valence-electron chi connectivity index (χ4n) is 2.11. The second kappa shape index (κ2) is 9.73. The van der Waals surface area contributed by atoms with Gasteiger partial charge in [0, 0.05) is 16.1 Å². The number of Topliss-reactive ketones (excluding diaryl/α,β-unsaturated/α-hetero) is 1. The van der Waals surface area contributed by atoms with Gasteiger partial charge in [0.05, 0.1) is 0 Å². The van der Waals surface area contributed by atoms with Crippen LogP contribution in [-0.4, -0.2) is 24.5 Å². The Morgan fingerprint density at radius 1 is 1.12 bits per heavy atom. The Hall–Kier alpha value is -2.66. The van der Waals surface area contributed by atoms with Crippen LogP contribution in [0.15, 0.2) is 71.7 Å². The molecule has 0 aromatic heterocycles. The van der Waals surface area contributed by atoms with E-state index in [1.165, 1.54) is 6.08 Å². The summed E-state index contributed by atoms with van der Waals surface area (Å²) in [7, 11) is 0. The first-order valence-electron chi connectivity index (χ1n) is 8.02. The molecule has 0 aliphatic rings. The molecule has 0 aliphatic carbocycles. The van der Waals surface area contributed by atoms with Crippen LogP contribution in [0.25, 0.3) is 6.08 Å². The first-order chi connectivity index (χ1) is 12.5. The minimum Gasteiger partial charge on any atom is -0.490 e. The lowest BCUT2D eigenvalue weighted by Gasteiger charge is -2.10. The number of benzene rings is 2.